The molecule has 0 aromatic heterocycles. The van der Waals surface area contributed by atoms with E-state index in [1.54, 1.807) is 19.1 Å². The quantitative estimate of drug-likeness (QED) is 0.288. The van der Waals surface area contributed by atoms with Gasteiger partial charge in [0.25, 0.3) is 5.91 Å². The molecule has 6 aliphatic rings. The van der Waals surface area contributed by atoms with Crippen molar-refractivity contribution in [3.63, 3.8) is 0 Å². The standard InChI is InChI=1S/C45H60F2N6O5S/c1-4-8-42(54)52-26-38(27-52)59(56,57)41-14-13-37(21-32(41)23-51-24-36(47)25-51)53-29-44(2,30-53)28-50-19-15-33(16-20-50)45(31-49-17-7-18-49,34-9-5-10-35(46)22-34)39-11-6-12-40(39)48-43(55)58-3/h5,9-10,13-14,21-22,33,36,38-40H,6-7,11-12,15-20,23-31H2,1-3H3,(H,48,55)/t39-,40-,45-/m0/s1. The van der Waals surface area contributed by atoms with Gasteiger partial charge in [0.15, 0.2) is 9.84 Å². The Morgan fingerprint density at radius 1 is 0.949 bits per heavy atom. The van der Waals surface area contributed by atoms with E-state index in [2.05, 4.69) is 44.8 Å². The molecule has 1 aliphatic carbocycles. The van der Waals surface area contributed by atoms with Gasteiger partial charge in [0.2, 0.25) is 0 Å². The highest BCUT2D eigenvalue weighted by atomic mass is 32.2. The summed E-state index contributed by atoms with van der Waals surface area (Å²) in [6.45, 7) is 12.5. The number of sulfone groups is 1. The SMILES string of the molecule is CC#CC(=O)N1CC(S(=O)(=O)c2ccc(N3CC(C)(CN4CCC([C@@](CN5CCC5)(c5cccc(F)c5)[C@H]5CCC[C@@H]5NC(=O)OC)CC4)C3)cc2CN2CC(F)C2)C1. The lowest BCUT2D eigenvalue weighted by atomic mass is 9.57. The Kier molecular flexibility index (Phi) is 12.0. The van der Waals surface area contributed by atoms with Crippen molar-refractivity contribution < 1.29 is 31.5 Å². The van der Waals surface area contributed by atoms with Crippen LogP contribution < -0.4 is 10.2 Å². The lowest BCUT2D eigenvalue weighted by Gasteiger charge is -2.55. The number of ether oxygens (including phenoxy) is 1. The van der Waals surface area contributed by atoms with E-state index in [0.29, 0.717) is 18.0 Å². The van der Waals surface area contributed by atoms with E-state index in [9.17, 15) is 22.4 Å². The summed E-state index contributed by atoms with van der Waals surface area (Å²) in [5.74, 6) is 4.98. The van der Waals surface area contributed by atoms with Crippen molar-refractivity contribution in [1.29, 1.82) is 0 Å². The number of hydrogen-bond acceptors (Lipinski definition) is 9. The zero-order chi connectivity index (χ0) is 41.5. The van der Waals surface area contributed by atoms with Gasteiger partial charge in [0.1, 0.15) is 17.2 Å². The first-order valence-corrected chi connectivity index (χ1v) is 23.1. The fourth-order valence-corrected chi connectivity index (χ4v) is 13.1. The summed E-state index contributed by atoms with van der Waals surface area (Å²) in [5.41, 5.74) is 2.42. The fraction of sp³-hybridized carbons (Fsp3) is 0.644. The molecule has 59 heavy (non-hydrogen) atoms. The third kappa shape index (κ3) is 8.46. The third-order valence-corrected chi connectivity index (χ3v) is 16.5. The van der Waals surface area contributed by atoms with Gasteiger partial charge in [-0.1, -0.05) is 31.4 Å². The Morgan fingerprint density at radius 3 is 2.34 bits per heavy atom. The molecule has 1 N–H and O–H groups in total. The molecule has 14 heteroatoms. The van der Waals surface area contributed by atoms with Crippen molar-refractivity contribution >= 4 is 27.5 Å². The molecule has 0 radical (unpaired) electrons. The van der Waals surface area contributed by atoms with Gasteiger partial charge < -0.3 is 29.7 Å². The molecular weight excluding hydrogens is 775 g/mol. The number of piperidine rings is 1. The molecule has 0 unspecified atom stereocenters. The number of alkyl carbamates (subject to hydrolysis) is 1. The van der Waals surface area contributed by atoms with Gasteiger partial charge in [-0.15, -0.1) is 0 Å². The Hall–Kier alpha value is -3.77. The Balaban J connectivity index is 0.951. The first-order valence-electron chi connectivity index (χ1n) is 21.6. The van der Waals surface area contributed by atoms with Crippen LogP contribution in [0, 0.1) is 34.9 Å². The Bertz CT molecular complexity index is 2050. The van der Waals surface area contributed by atoms with Gasteiger partial charge in [-0.2, -0.15) is 0 Å². The van der Waals surface area contributed by atoms with Crippen LogP contribution >= 0.6 is 0 Å². The van der Waals surface area contributed by atoms with E-state index in [1.165, 1.54) is 24.5 Å². The molecule has 11 nitrogen and oxygen atoms in total. The number of carbonyl (C=O) groups is 2. The maximum absolute atomic E-state index is 15.1. The van der Waals surface area contributed by atoms with Crippen LogP contribution in [0.1, 0.15) is 63.5 Å². The monoisotopic (exact) mass is 834 g/mol. The van der Waals surface area contributed by atoms with Crippen molar-refractivity contribution in [3.8, 4) is 11.8 Å². The molecule has 3 atom stereocenters. The number of hydrogen-bond donors (Lipinski definition) is 1. The van der Waals surface area contributed by atoms with Gasteiger partial charge in [0, 0.05) is 81.5 Å². The highest BCUT2D eigenvalue weighted by Gasteiger charge is 2.53. The number of nitrogens with one attached hydrogen (secondary N) is 1. The summed E-state index contributed by atoms with van der Waals surface area (Å²) in [5, 5.41) is 2.49. The van der Waals surface area contributed by atoms with Gasteiger partial charge in [-0.25, -0.2) is 22.0 Å². The molecule has 0 spiro atoms. The molecule has 8 rings (SSSR count). The normalized spacial score (nSPS) is 25.4. The topological polar surface area (TPSA) is 106 Å². The van der Waals surface area contributed by atoms with Crippen molar-refractivity contribution in [2.24, 2.45) is 17.3 Å². The molecule has 2 amide bonds. The minimum atomic E-state index is -3.72. The van der Waals surface area contributed by atoms with Gasteiger partial charge in [-0.05, 0) is 124 Å². The zero-order valence-corrected chi connectivity index (χ0v) is 35.6. The van der Waals surface area contributed by atoms with E-state index >= 15 is 4.39 Å². The average molecular weight is 835 g/mol. The molecule has 5 saturated heterocycles. The second-order valence-electron chi connectivity index (χ2n) is 18.5. The number of methoxy groups -OCH3 is 1. The van der Waals surface area contributed by atoms with E-state index in [4.69, 9.17) is 4.74 Å². The maximum Gasteiger partial charge on any atom is 0.407 e. The third-order valence-electron chi connectivity index (χ3n) is 14.4. The molecule has 320 valence electrons. The highest BCUT2D eigenvalue weighted by Crippen LogP contribution is 2.52. The van der Waals surface area contributed by atoms with Crippen molar-refractivity contribution in [2.45, 2.75) is 86.7 Å². The molecular formula is C45H60F2N6O5S. The van der Waals surface area contributed by atoms with Crippen LogP contribution in [0.3, 0.4) is 0 Å². The first-order chi connectivity index (χ1) is 28.3. The van der Waals surface area contributed by atoms with Crippen molar-refractivity contribution in [1.82, 2.24) is 24.9 Å². The molecule has 5 aliphatic heterocycles. The Morgan fingerprint density at radius 2 is 1.69 bits per heavy atom. The average Bonchev–Trinajstić information content (AvgIpc) is 3.61. The smallest absolute Gasteiger partial charge is 0.407 e. The number of alkyl halides is 1. The van der Waals surface area contributed by atoms with Crippen LogP contribution in [-0.2, 0) is 31.3 Å². The largest absolute Gasteiger partial charge is 0.453 e. The fourth-order valence-electron chi connectivity index (χ4n) is 11.2. The first kappa shape index (κ1) is 41.9. The van der Waals surface area contributed by atoms with Gasteiger partial charge >= 0.3 is 6.09 Å². The van der Waals surface area contributed by atoms with Crippen molar-refractivity contribution in [2.75, 3.05) is 90.5 Å². The molecule has 6 fully saturated rings. The van der Waals surface area contributed by atoms with E-state index in [-0.39, 0.29) is 65.6 Å². The maximum atomic E-state index is 15.1. The van der Waals surface area contributed by atoms with Gasteiger partial charge in [0.05, 0.1) is 12.0 Å². The number of anilines is 1. The summed E-state index contributed by atoms with van der Waals surface area (Å²) in [6.07, 6.45) is 4.71. The number of rotatable bonds is 13. The molecule has 5 heterocycles. The summed E-state index contributed by atoms with van der Waals surface area (Å²) in [7, 11) is -2.31. The number of likely N-dealkylation sites (tertiary alicyclic amines) is 4. The molecule has 2 aromatic rings. The van der Waals surface area contributed by atoms with E-state index < -0.39 is 27.4 Å². The number of carbonyl (C=O) groups excluding carboxylic acids is 2. The number of halogens is 2. The minimum absolute atomic E-state index is 0.0359. The van der Waals surface area contributed by atoms with Crippen LogP contribution in [0.4, 0.5) is 19.3 Å². The Labute approximate surface area is 348 Å². The lowest BCUT2D eigenvalue weighted by molar-refractivity contribution is -0.128. The summed E-state index contributed by atoms with van der Waals surface area (Å²) >= 11 is 0. The predicted octanol–water partition coefficient (Wildman–Crippen LogP) is 4.69. The van der Waals surface area contributed by atoms with Gasteiger partial charge in [-0.3, -0.25) is 9.69 Å². The second kappa shape index (κ2) is 16.9. The predicted molar refractivity (Wildman–Crippen MR) is 223 cm³/mol. The zero-order valence-electron chi connectivity index (χ0n) is 34.8. The van der Waals surface area contributed by atoms with Crippen LogP contribution in [0.2, 0.25) is 0 Å². The summed E-state index contributed by atoms with van der Waals surface area (Å²) in [4.78, 5) is 35.9. The number of benzene rings is 2. The second-order valence-corrected chi connectivity index (χ2v) is 20.7. The lowest BCUT2D eigenvalue weighted by Crippen LogP contribution is -2.62. The number of nitrogens with zero attached hydrogens (tertiary/aromatic N) is 5. The van der Waals surface area contributed by atoms with Crippen LogP contribution in [0.5, 0.6) is 0 Å². The molecule has 1 saturated carbocycles. The molecule has 0 bridgehead atoms. The van der Waals surface area contributed by atoms with Crippen molar-refractivity contribution in [3.05, 3.63) is 59.4 Å². The van der Waals surface area contributed by atoms with E-state index in [1.807, 2.05) is 23.1 Å². The summed E-state index contributed by atoms with van der Waals surface area (Å²) in [6, 6.07) is 12.8. The van der Waals surface area contributed by atoms with Crippen LogP contribution in [0.25, 0.3) is 0 Å². The summed E-state index contributed by atoms with van der Waals surface area (Å²) < 4.78 is 61.8. The molecule has 2 aromatic carbocycles. The van der Waals surface area contributed by atoms with Crippen LogP contribution in [0.15, 0.2) is 47.4 Å². The highest BCUT2D eigenvalue weighted by molar-refractivity contribution is 7.92. The number of amides is 2. The van der Waals surface area contributed by atoms with E-state index in [0.717, 1.165) is 95.7 Å². The van der Waals surface area contributed by atoms with Crippen LogP contribution in [-0.4, -0.2) is 143 Å². The minimum Gasteiger partial charge on any atom is -0.453 e.